The molecule has 0 amide bonds. The van der Waals surface area contributed by atoms with Gasteiger partial charge in [-0.3, -0.25) is 4.90 Å². The van der Waals surface area contributed by atoms with E-state index in [0.717, 1.165) is 37.8 Å². The molecule has 1 saturated carbocycles. The van der Waals surface area contributed by atoms with E-state index in [1.54, 1.807) is 12.1 Å². The first kappa shape index (κ1) is 23.1. The van der Waals surface area contributed by atoms with Crippen molar-refractivity contribution in [1.82, 2.24) is 14.1 Å². The van der Waals surface area contributed by atoms with Crippen molar-refractivity contribution in [3.63, 3.8) is 0 Å². The summed E-state index contributed by atoms with van der Waals surface area (Å²) in [5.41, 5.74) is 1.15. The minimum atomic E-state index is -3.59. The van der Waals surface area contributed by atoms with Crippen molar-refractivity contribution in [3.05, 3.63) is 29.8 Å². The van der Waals surface area contributed by atoms with Gasteiger partial charge in [-0.2, -0.15) is 0 Å². The number of hydrogen-bond donors (Lipinski definition) is 0. The van der Waals surface area contributed by atoms with Gasteiger partial charge < -0.3 is 4.90 Å². The van der Waals surface area contributed by atoms with Gasteiger partial charge in [-0.1, -0.05) is 46.2 Å². The van der Waals surface area contributed by atoms with Crippen LogP contribution in [0, 0.1) is 0 Å². The molecule has 0 N–H and O–H groups in total. The third-order valence-corrected chi connectivity index (χ3v) is 8.07. The van der Waals surface area contributed by atoms with Crippen molar-refractivity contribution in [2.75, 3.05) is 32.7 Å². The lowest BCUT2D eigenvalue weighted by atomic mass is 9.91. The summed E-state index contributed by atoms with van der Waals surface area (Å²) < 4.78 is 28.2. The Morgan fingerprint density at radius 2 is 1.60 bits per heavy atom. The third kappa shape index (κ3) is 4.67. The number of hydrogen-bond acceptors (Lipinski definition) is 5. The molecule has 0 bridgehead atoms. The molecule has 1 aliphatic carbocycles. The molecule has 1 unspecified atom stereocenters. The van der Waals surface area contributed by atoms with Crippen molar-refractivity contribution in [3.8, 4) is 0 Å². The number of nitrogens with zero attached hydrogens (tertiary/aromatic N) is 4. The van der Waals surface area contributed by atoms with Gasteiger partial charge in [0.2, 0.25) is 5.96 Å². The number of sulfonamides is 1. The fraction of sp³-hybridized carbons (Fsp3) is 0.696. The molecule has 2 heterocycles. The van der Waals surface area contributed by atoms with Crippen molar-refractivity contribution in [1.29, 1.82) is 0 Å². The van der Waals surface area contributed by atoms with Crippen LogP contribution in [0.1, 0.15) is 65.4 Å². The van der Waals surface area contributed by atoms with Crippen molar-refractivity contribution < 1.29 is 8.42 Å². The molecule has 1 aromatic rings. The van der Waals surface area contributed by atoms with Crippen LogP contribution in [0.4, 0.5) is 0 Å². The molecule has 6 nitrogen and oxygen atoms in total. The molecule has 168 valence electrons. The first-order chi connectivity index (χ1) is 14.4. The van der Waals surface area contributed by atoms with E-state index in [0.29, 0.717) is 23.3 Å². The molecule has 0 radical (unpaired) electrons. The molecule has 2 aliphatic heterocycles. The molecule has 30 heavy (non-hydrogen) atoms. The van der Waals surface area contributed by atoms with Crippen LogP contribution in [-0.2, 0) is 10.0 Å². The predicted molar refractivity (Wildman–Crippen MR) is 123 cm³/mol. The van der Waals surface area contributed by atoms with Gasteiger partial charge in [-0.05, 0) is 43.4 Å². The Morgan fingerprint density at radius 1 is 1.00 bits per heavy atom. The van der Waals surface area contributed by atoms with Gasteiger partial charge in [0, 0.05) is 32.2 Å². The lowest BCUT2D eigenvalue weighted by molar-refractivity contribution is 0.0833. The highest BCUT2D eigenvalue weighted by Gasteiger charge is 2.38. The number of guanidine groups is 1. The van der Waals surface area contributed by atoms with E-state index in [9.17, 15) is 8.42 Å². The SMILES string of the molecule is CC.CC1CN(S(=O)(=O)c2ccc(C(C)C)cc2)C(N2CCN(C3CCC3)CC2)=N1. The number of piperazine rings is 1. The molecule has 1 atom stereocenters. The van der Waals surface area contributed by atoms with Crippen LogP contribution in [0.25, 0.3) is 0 Å². The molecular weight excluding hydrogens is 396 g/mol. The van der Waals surface area contributed by atoms with E-state index >= 15 is 0 Å². The van der Waals surface area contributed by atoms with Crippen LogP contribution < -0.4 is 0 Å². The van der Waals surface area contributed by atoms with Gasteiger partial charge in [0.1, 0.15) is 0 Å². The van der Waals surface area contributed by atoms with Gasteiger partial charge in [0.15, 0.2) is 0 Å². The monoisotopic (exact) mass is 434 g/mol. The standard InChI is InChI=1S/C21H32N4O2S.C2H6/c1-16(2)18-7-9-20(10-8-18)28(26,27)25-15-17(3)22-21(25)24-13-11-23(12-14-24)19-5-4-6-19;1-2/h7-10,16-17,19H,4-6,11-15H2,1-3H3;1-2H3. The zero-order valence-electron chi connectivity index (χ0n) is 19.2. The molecule has 1 aromatic carbocycles. The van der Waals surface area contributed by atoms with E-state index < -0.39 is 10.0 Å². The lowest BCUT2D eigenvalue weighted by Gasteiger charge is -2.44. The molecule has 2 fully saturated rings. The van der Waals surface area contributed by atoms with Crippen LogP contribution >= 0.6 is 0 Å². The number of rotatable bonds is 4. The smallest absolute Gasteiger partial charge is 0.266 e. The molecule has 1 saturated heterocycles. The summed E-state index contributed by atoms with van der Waals surface area (Å²) in [5.74, 6) is 1.02. The maximum absolute atomic E-state index is 13.4. The maximum Gasteiger partial charge on any atom is 0.266 e. The third-order valence-electron chi connectivity index (χ3n) is 6.31. The molecule has 3 aliphatic rings. The normalized spacial score (nSPS) is 23.1. The van der Waals surface area contributed by atoms with Crippen molar-refractivity contribution in [2.45, 2.75) is 76.8 Å². The van der Waals surface area contributed by atoms with E-state index in [4.69, 9.17) is 4.99 Å². The van der Waals surface area contributed by atoms with Gasteiger partial charge in [-0.15, -0.1) is 0 Å². The minimum Gasteiger partial charge on any atom is -0.339 e. The summed E-state index contributed by atoms with van der Waals surface area (Å²) in [6.45, 7) is 14.3. The lowest BCUT2D eigenvalue weighted by Crippen LogP contribution is -2.56. The molecule has 7 heteroatoms. The topological polar surface area (TPSA) is 56.2 Å². The zero-order chi connectivity index (χ0) is 21.9. The highest BCUT2D eigenvalue weighted by atomic mass is 32.2. The Morgan fingerprint density at radius 3 is 2.10 bits per heavy atom. The van der Waals surface area contributed by atoms with E-state index in [1.165, 1.54) is 23.6 Å². The van der Waals surface area contributed by atoms with Crippen LogP contribution in [0.15, 0.2) is 34.2 Å². The fourth-order valence-electron chi connectivity index (χ4n) is 4.26. The highest BCUT2D eigenvalue weighted by molar-refractivity contribution is 7.89. The summed E-state index contributed by atoms with van der Waals surface area (Å²) in [4.78, 5) is 9.78. The Labute approximate surface area is 183 Å². The average molecular weight is 435 g/mol. The van der Waals surface area contributed by atoms with Crippen LogP contribution in [0.2, 0.25) is 0 Å². The number of aliphatic imine (C=N–C) groups is 1. The van der Waals surface area contributed by atoms with Crippen LogP contribution in [0.5, 0.6) is 0 Å². The second-order valence-electron chi connectivity index (χ2n) is 8.65. The summed E-state index contributed by atoms with van der Waals surface area (Å²) in [7, 11) is -3.59. The first-order valence-electron chi connectivity index (χ1n) is 11.6. The number of benzene rings is 1. The summed E-state index contributed by atoms with van der Waals surface area (Å²) in [6.07, 6.45) is 3.96. The van der Waals surface area contributed by atoms with E-state index in [-0.39, 0.29) is 6.04 Å². The summed E-state index contributed by atoms with van der Waals surface area (Å²) in [5, 5.41) is 0. The Hall–Kier alpha value is -1.60. The Balaban J connectivity index is 0.00000124. The summed E-state index contributed by atoms with van der Waals surface area (Å²) in [6, 6.07) is 8.05. The molecule has 4 rings (SSSR count). The molecule has 0 aromatic heterocycles. The van der Waals surface area contributed by atoms with Gasteiger partial charge in [0.25, 0.3) is 10.0 Å². The average Bonchev–Trinajstić information content (AvgIpc) is 3.11. The minimum absolute atomic E-state index is 0.00984. The highest BCUT2D eigenvalue weighted by Crippen LogP contribution is 2.28. The second kappa shape index (κ2) is 9.69. The molecule has 0 spiro atoms. The summed E-state index contributed by atoms with van der Waals surface area (Å²) >= 11 is 0. The Kier molecular flexibility index (Phi) is 7.45. The quantitative estimate of drug-likeness (QED) is 0.724. The van der Waals surface area contributed by atoms with Crippen LogP contribution in [-0.4, -0.2) is 73.3 Å². The predicted octanol–water partition coefficient (Wildman–Crippen LogP) is 3.76. The first-order valence-corrected chi connectivity index (χ1v) is 13.0. The van der Waals surface area contributed by atoms with Gasteiger partial charge in [-0.25, -0.2) is 17.7 Å². The fourth-order valence-corrected chi connectivity index (χ4v) is 5.78. The zero-order valence-corrected chi connectivity index (χ0v) is 20.0. The van der Waals surface area contributed by atoms with E-state index in [2.05, 4.69) is 23.6 Å². The van der Waals surface area contributed by atoms with Crippen molar-refractivity contribution >= 4 is 16.0 Å². The Bertz CT molecular complexity index is 823. The van der Waals surface area contributed by atoms with Crippen molar-refractivity contribution in [2.24, 2.45) is 4.99 Å². The largest absolute Gasteiger partial charge is 0.339 e. The maximum atomic E-state index is 13.4. The second-order valence-corrected chi connectivity index (χ2v) is 10.5. The molecular formula is C23H38N4O2S. The van der Waals surface area contributed by atoms with E-state index in [1.807, 2.05) is 32.9 Å². The van der Waals surface area contributed by atoms with Gasteiger partial charge >= 0.3 is 0 Å². The van der Waals surface area contributed by atoms with Crippen LogP contribution in [0.3, 0.4) is 0 Å². The van der Waals surface area contributed by atoms with Gasteiger partial charge in [0.05, 0.1) is 17.5 Å².